The number of hydrogen-bond donors (Lipinski definition) is 1. The Balaban J connectivity index is 2.00. The van der Waals surface area contributed by atoms with Gasteiger partial charge in [-0.3, -0.25) is 9.59 Å². The molecule has 1 aromatic heterocycles. The van der Waals surface area contributed by atoms with Crippen LogP contribution < -0.4 is 10.1 Å². The van der Waals surface area contributed by atoms with Gasteiger partial charge in [0, 0.05) is 4.47 Å². The molecule has 23 heavy (non-hydrogen) atoms. The number of amides is 1. The first-order chi connectivity index (χ1) is 11.0. The van der Waals surface area contributed by atoms with Crippen molar-refractivity contribution in [3.63, 3.8) is 0 Å². The maximum absolute atomic E-state index is 11.9. The standard InChI is InChI=1S/C15H12BrNO5S/c1-21-15(20)14-11(4-5-23-14)17-13(19)8-22-12-3-2-10(16)6-9(12)7-18/h2-7H,8H2,1H3,(H,17,19). The molecular formula is C15H12BrNO5S. The Morgan fingerprint density at radius 2 is 2.13 bits per heavy atom. The highest BCUT2D eigenvalue weighted by Gasteiger charge is 2.16. The third-order valence-corrected chi connectivity index (χ3v) is 4.16. The van der Waals surface area contributed by atoms with Crippen molar-refractivity contribution in [3.8, 4) is 5.75 Å². The number of carbonyl (C=O) groups is 3. The molecule has 0 spiro atoms. The van der Waals surface area contributed by atoms with Crippen LogP contribution in [0.1, 0.15) is 20.0 Å². The Morgan fingerprint density at radius 3 is 2.83 bits per heavy atom. The Hall–Kier alpha value is -2.19. The summed E-state index contributed by atoms with van der Waals surface area (Å²) >= 11 is 4.41. The van der Waals surface area contributed by atoms with Crippen molar-refractivity contribution in [2.75, 3.05) is 19.0 Å². The van der Waals surface area contributed by atoms with E-state index in [0.29, 0.717) is 28.2 Å². The van der Waals surface area contributed by atoms with Crippen LogP contribution in [0.4, 0.5) is 5.69 Å². The van der Waals surface area contributed by atoms with E-state index in [4.69, 9.17) is 4.74 Å². The van der Waals surface area contributed by atoms with Crippen LogP contribution in [0.25, 0.3) is 0 Å². The van der Waals surface area contributed by atoms with Crippen molar-refractivity contribution in [2.24, 2.45) is 0 Å². The second-order valence-corrected chi connectivity index (χ2v) is 6.12. The minimum absolute atomic E-state index is 0.293. The summed E-state index contributed by atoms with van der Waals surface area (Å²) in [5, 5.41) is 4.24. The summed E-state index contributed by atoms with van der Waals surface area (Å²) in [5.74, 6) is -0.669. The molecule has 0 radical (unpaired) electrons. The van der Waals surface area contributed by atoms with Crippen molar-refractivity contribution in [2.45, 2.75) is 0 Å². The maximum Gasteiger partial charge on any atom is 0.350 e. The topological polar surface area (TPSA) is 81.7 Å². The largest absolute Gasteiger partial charge is 0.483 e. The molecule has 0 unspecified atom stereocenters. The number of rotatable bonds is 6. The zero-order valence-electron chi connectivity index (χ0n) is 12.0. The van der Waals surface area contributed by atoms with E-state index in [1.54, 1.807) is 29.6 Å². The van der Waals surface area contributed by atoms with E-state index >= 15 is 0 Å². The first kappa shape index (κ1) is 17.2. The monoisotopic (exact) mass is 397 g/mol. The lowest BCUT2D eigenvalue weighted by molar-refractivity contribution is -0.118. The van der Waals surface area contributed by atoms with Gasteiger partial charge in [-0.1, -0.05) is 15.9 Å². The van der Waals surface area contributed by atoms with Gasteiger partial charge in [-0.25, -0.2) is 4.79 Å². The highest BCUT2D eigenvalue weighted by molar-refractivity contribution is 9.10. The number of ether oxygens (including phenoxy) is 2. The predicted molar refractivity (Wildman–Crippen MR) is 89.3 cm³/mol. The summed E-state index contributed by atoms with van der Waals surface area (Å²) in [5.41, 5.74) is 0.694. The normalized spacial score (nSPS) is 10.0. The molecule has 2 rings (SSSR count). The number of aldehydes is 1. The summed E-state index contributed by atoms with van der Waals surface area (Å²) in [7, 11) is 1.27. The number of hydrogen-bond acceptors (Lipinski definition) is 6. The first-order valence-corrected chi connectivity index (χ1v) is 8.05. The molecule has 0 aliphatic heterocycles. The molecule has 1 heterocycles. The van der Waals surface area contributed by atoms with Crippen LogP contribution >= 0.6 is 27.3 Å². The van der Waals surface area contributed by atoms with Crippen LogP contribution in [0.3, 0.4) is 0 Å². The zero-order chi connectivity index (χ0) is 16.8. The Labute approximate surface area is 144 Å². The molecule has 0 saturated carbocycles. The van der Waals surface area contributed by atoms with Crippen LogP contribution in [0.15, 0.2) is 34.1 Å². The van der Waals surface area contributed by atoms with Crippen molar-refractivity contribution in [3.05, 3.63) is 44.6 Å². The molecule has 8 heteroatoms. The summed E-state index contributed by atoms with van der Waals surface area (Å²) in [4.78, 5) is 34.8. The molecule has 1 aromatic carbocycles. The van der Waals surface area contributed by atoms with Crippen LogP contribution in [-0.4, -0.2) is 31.9 Å². The Bertz CT molecular complexity index is 743. The minimum atomic E-state index is -0.521. The highest BCUT2D eigenvalue weighted by Crippen LogP contribution is 2.24. The number of esters is 1. The quantitative estimate of drug-likeness (QED) is 0.597. The van der Waals surface area contributed by atoms with E-state index in [9.17, 15) is 14.4 Å². The lowest BCUT2D eigenvalue weighted by Crippen LogP contribution is -2.21. The predicted octanol–water partition coefficient (Wildman–Crippen LogP) is 3.13. The zero-order valence-corrected chi connectivity index (χ0v) is 14.4. The molecule has 6 nitrogen and oxygen atoms in total. The van der Waals surface area contributed by atoms with Gasteiger partial charge in [-0.15, -0.1) is 11.3 Å². The van der Waals surface area contributed by atoms with Crippen molar-refractivity contribution in [1.29, 1.82) is 0 Å². The van der Waals surface area contributed by atoms with E-state index < -0.39 is 11.9 Å². The Morgan fingerprint density at radius 1 is 1.35 bits per heavy atom. The number of methoxy groups -OCH3 is 1. The fourth-order valence-corrected chi connectivity index (χ4v) is 2.88. The number of benzene rings is 1. The lowest BCUT2D eigenvalue weighted by atomic mass is 10.2. The fraction of sp³-hybridized carbons (Fsp3) is 0.133. The molecular weight excluding hydrogens is 386 g/mol. The number of anilines is 1. The molecule has 0 fully saturated rings. The molecule has 0 aliphatic carbocycles. The number of halogens is 1. The summed E-state index contributed by atoms with van der Waals surface area (Å²) in [6, 6.07) is 6.49. The van der Waals surface area contributed by atoms with Crippen molar-refractivity contribution >= 4 is 51.1 Å². The number of carbonyl (C=O) groups excluding carboxylic acids is 3. The Kier molecular flexibility index (Phi) is 5.89. The molecule has 0 saturated heterocycles. The van der Waals surface area contributed by atoms with Crippen LogP contribution in [0.5, 0.6) is 5.75 Å². The maximum atomic E-state index is 11.9. The van der Waals surface area contributed by atoms with Gasteiger partial charge >= 0.3 is 5.97 Å². The van der Waals surface area contributed by atoms with E-state index in [2.05, 4.69) is 26.0 Å². The van der Waals surface area contributed by atoms with Gasteiger partial charge in [0.15, 0.2) is 12.9 Å². The molecule has 0 bridgehead atoms. The van der Waals surface area contributed by atoms with E-state index in [1.807, 2.05) is 0 Å². The van der Waals surface area contributed by atoms with Gasteiger partial charge in [-0.05, 0) is 29.6 Å². The third-order valence-electron chi connectivity index (χ3n) is 2.77. The molecule has 2 aromatic rings. The minimum Gasteiger partial charge on any atom is -0.483 e. The fourth-order valence-electron chi connectivity index (χ4n) is 1.73. The summed E-state index contributed by atoms with van der Waals surface area (Å²) in [6.07, 6.45) is 0.645. The summed E-state index contributed by atoms with van der Waals surface area (Å²) in [6.45, 7) is -0.293. The highest BCUT2D eigenvalue weighted by atomic mass is 79.9. The third kappa shape index (κ3) is 4.40. The van der Waals surface area contributed by atoms with Gasteiger partial charge in [0.25, 0.3) is 5.91 Å². The van der Waals surface area contributed by atoms with Crippen molar-refractivity contribution < 1.29 is 23.9 Å². The van der Waals surface area contributed by atoms with E-state index in [0.717, 1.165) is 15.8 Å². The molecule has 0 atom stereocenters. The molecule has 1 amide bonds. The van der Waals surface area contributed by atoms with Gasteiger partial charge in [0.2, 0.25) is 0 Å². The van der Waals surface area contributed by atoms with Gasteiger partial charge in [-0.2, -0.15) is 0 Å². The van der Waals surface area contributed by atoms with E-state index in [1.165, 1.54) is 7.11 Å². The smallest absolute Gasteiger partial charge is 0.350 e. The van der Waals surface area contributed by atoms with Gasteiger partial charge in [0.1, 0.15) is 10.6 Å². The summed E-state index contributed by atoms with van der Waals surface area (Å²) < 4.78 is 10.7. The van der Waals surface area contributed by atoms with Gasteiger partial charge < -0.3 is 14.8 Å². The average Bonchev–Trinajstić information content (AvgIpc) is 3.00. The first-order valence-electron chi connectivity index (χ1n) is 6.38. The second-order valence-electron chi connectivity index (χ2n) is 4.29. The van der Waals surface area contributed by atoms with Crippen LogP contribution in [-0.2, 0) is 9.53 Å². The number of nitrogens with one attached hydrogen (secondary N) is 1. The van der Waals surface area contributed by atoms with E-state index in [-0.39, 0.29) is 6.61 Å². The second kappa shape index (κ2) is 7.89. The van der Waals surface area contributed by atoms with Crippen LogP contribution in [0.2, 0.25) is 0 Å². The average molecular weight is 398 g/mol. The van der Waals surface area contributed by atoms with Crippen LogP contribution in [0, 0.1) is 0 Å². The molecule has 0 aliphatic rings. The number of thiophene rings is 1. The molecule has 1 N–H and O–H groups in total. The van der Waals surface area contributed by atoms with Crippen molar-refractivity contribution in [1.82, 2.24) is 0 Å². The SMILES string of the molecule is COC(=O)c1sccc1NC(=O)COc1ccc(Br)cc1C=O. The lowest BCUT2D eigenvalue weighted by Gasteiger charge is -2.09. The van der Waals surface area contributed by atoms with Gasteiger partial charge in [0.05, 0.1) is 18.4 Å². The molecule has 120 valence electrons.